The van der Waals surface area contributed by atoms with Gasteiger partial charge in [0.2, 0.25) is 0 Å². The number of carbonyl (C=O) groups is 1. The van der Waals surface area contributed by atoms with Gasteiger partial charge in [0.25, 0.3) is 5.91 Å². The normalized spacial score (nSPS) is 10.4. The molecule has 3 rings (SSSR count). The molecule has 0 spiro atoms. The largest absolute Gasteiger partial charge is 0.352 e. The lowest BCUT2D eigenvalue weighted by molar-refractivity contribution is 0.0953. The Kier molecular flexibility index (Phi) is 4.25. The third-order valence-electron chi connectivity index (χ3n) is 3.28. The van der Waals surface area contributed by atoms with Crippen LogP contribution in [0.2, 0.25) is 0 Å². The van der Waals surface area contributed by atoms with Crippen LogP contribution >= 0.6 is 0 Å². The zero-order chi connectivity index (χ0) is 15.2. The topological polar surface area (TPSA) is 70.7 Å². The summed E-state index contributed by atoms with van der Waals surface area (Å²) in [5.74, 6) is 0.727. The summed E-state index contributed by atoms with van der Waals surface area (Å²) < 4.78 is 0. The molecule has 0 unspecified atom stereocenters. The number of hydrogen-bond acceptors (Lipinski definition) is 3. The van der Waals surface area contributed by atoms with Gasteiger partial charge < -0.3 is 10.3 Å². The van der Waals surface area contributed by atoms with Gasteiger partial charge in [-0.2, -0.15) is 0 Å². The second-order valence-electron chi connectivity index (χ2n) is 4.87. The van der Waals surface area contributed by atoms with Gasteiger partial charge in [-0.1, -0.05) is 30.3 Å². The molecule has 110 valence electrons. The van der Waals surface area contributed by atoms with E-state index < -0.39 is 0 Å². The molecule has 2 N–H and O–H groups in total. The predicted molar refractivity (Wildman–Crippen MR) is 84.3 cm³/mol. The third-order valence-corrected chi connectivity index (χ3v) is 3.28. The molecule has 0 atom stereocenters. The van der Waals surface area contributed by atoms with Gasteiger partial charge in [-0.3, -0.25) is 9.78 Å². The van der Waals surface area contributed by atoms with Crippen LogP contribution in [0.3, 0.4) is 0 Å². The lowest BCUT2D eigenvalue weighted by atomic mass is 10.2. The van der Waals surface area contributed by atoms with E-state index in [1.54, 1.807) is 30.7 Å². The molecule has 2 aromatic heterocycles. The fourth-order valence-corrected chi connectivity index (χ4v) is 2.14. The Hall–Kier alpha value is -2.95. The molecule has 2 heterocycles. The first-order valence-electron chi connectivity index (χ1n) is 7.10. The number of aromatic nitrogens is 3. The van der Waals surface area contributed by atoms with Crippen molar-refractivity contribution in [3.63, 3.8) is 0 Å². The van der Waals surface area contributed by atoms with Crippen LogP contribution in [0.15, 0.2) is 61.1 Å². The monoisotopic (exact) mass is 292 g/mol. The van der Waals surface area contributed by atoms with Crippen LogP contribution in [-0.2, 0) is 6.42 Å². The zero-order valence-electron chi connectivity index (χ0n) is 12.0. The van der Waals surface area contributed by atoms with E-state index in [0.29, 0.717) is 18.5 Å². The quantitative estimate of drug-likeness (QED) is 0.759. The van der Waals surface area contributed by atoms with Crippen LogP contribution in [-0.4, -0.2) is 27.4 Å². The molecule has 5 heteroatoms. The van der Waals surface area contributed by atoms with Gasteiger partial charge in [0, 0.05) is 42.8 Å². The minimum atomic E-state index is -0.115. The number of aromatic amines is 1. The van der Waals surface area contributed by atoms with Crippen LogP contribution in [0.5, 0.6) is 0 Å². The van der Waals surface area contributed by atoms with E-state index in [4.69, 9.17) is 0 Å². The summed E-state index contributed by atoms with van der Waals surface area (Å²) in [6.45, 7) is 0.546. The van der Waals surface area contributed by atoms with Crippen LogP contribution in [0.1, 0.15) is 16.1 Å². The molecular formula is C17H16N4O. The lowest BCUT2D eigenvalue weighted by Crippen LogP contribution is -2.25. The van der Waals surface area contributed by atoms with Gasteiger partial charge >= 0.3 is 0 Å². The van der Waals surface area contributed by atoms with Gasteiger partial charge in [-0.05, 0) is 12.1 Å². The Morgan fingerprint density at radius 1 is 1.09 bits per heavy atom. The molecule has 5 nitrogen and oxygen atoms in total. The maximum Gasteiger partial charge on any atom is 0.252 e. The smallest absolute Gasteiger partial charge is 0.252 e. The van der Waals surface area contributed by atoms with Gasteiger partial charge in [0.05, 0.1) is 5.56 Å². The highest BCUT2D eigenvalue weighted by Crippen LogP contribution is 2.14. The Labute approximate surface area is 128 Å². The molecule has 0 saturated carbocycles. The van der Waals surface area contributed by atoms with E-state index in [1.807, 2.05) is 30.3 Å². The van der Waals surface area contributed by atoms with Crippen LogP contribution in [0.25, 0.3) is 11.4 Å². The second kappa shape index (κ2) is 6.67. The number of amides is 1. The molecule has 0 saturated heterocycles. The molecule has 3 aromatic rings. The Morgan fingerprint density at radius 2 is 1.95 bits per heavy atom. The van der Waals surface area contributed by atoms with Gasteiger partial charge in [0.1, 0.15) is 5.82 Å². The van der Waals surface area contributed by atoms with Crippen molar-refractivity contribution in [2.75, 3.05) is 6.54 Å². The number of imidazole rings is 1. The van der Waals surface area contributed by atoms with Crippen molar-refractivity contribution in [2.24, 2.45) is 0 Å². The third kappa shape index (κ3) is 3.38. The van der Waals surface area contributed by atoms with E-state index in [9.17, 15) is 4.79 Å². The summed E-state index contributed by atoms with van der Waals surface area (Å²) in [5, 5.41) is 2.87. The van der Waals surface area contributed by atoms with Crippen molar-refractivity contribution in [3.8, 4) is 11.4 Å². The van der Waals surface area contributed by atoms with E-state index in [0.717, 1.165) is 17.1 Å². The number of rotatable bonds is 5. The van der Waals surface area contributed by atoms with E-state index in [2.05, 4.69) is 20.3 Å². The summed E-state index contributed by atoms with van der Waals surface area (Å²) in [6, 6.07) is 13.4. The first kappa shape index (κ1) is 14.0. The van der Waals surface area contributed by atoms with Crippen molar-refractivity contribution < 1.29 is 4.79 Å². The van der Waals surface area contributed by atoms with Gasteiger partial charge in [0.15, 0.2) is 0 Å². The van der Waals surface area contributed by atoms with Crippen LogP contribution < -0.4 is 5.32 Å². The summed E-state index contributed by atoms with van der Waals surface area (Å²) >= 11 is 0. The fraction of sp³-hybridized carbons (Fsp3) is 0.118. The highest BCUT2D eigenvalue weighted by molar-refractivity contribution is 5.93. The summed E-state index contributed by atoms with van der Waals surface area (Å²) in [5.41, 5.74) is 2.61. The van der Waals surface area contributed by atoms with Crippen LogP contribution in [0, 0.1) is 0 Å². The molecule has 0 radical (unpaired) electrons. The maximum atomic E-state index is 11.9. The molecular weight excluding hydrogens is 276 g/mol. The van der Waals surface area contributed by atoms with Crippen LogP contribution in [0.4, 0.5) is 0 Å². The molecule has 0 aliphatic heterocycles. The van der Waals surface area contributed by atoms with Crippen molar-refractivity contribution in [3.05, 3.63) is 72.3 Å². The van der Waals surface area contributed by atoms with Crippen molar-refractivity contribution in [1.82, 2.24) is 20.3 Å². The molecule has 0 fully saturated rings. The average Bonchev–Trinajstić information content (AvgIpc) is 3.05. The Balaban J connectivity index is 1.55. The predicted octanol–water partition coefficient (Wildman–Crippen LogP) is 2.44. The number of benzene rings is 1. The van der Waals surface area contributed by atoms with Crippen molar-refractivity contribution >= 4 is 5.91 Å². The second-order valence-corrected chi connectivity index (χ2v) is 4.87. The summed E-state index contributed by atoms with van der Waals surface area (Å²) in [7, 11) is 0. The highest BCUT2D eigenvalue weighted by atomic mass is 16.1. The molecule has 0 bridgehead atoms. The molecule has 22 heavy (non-hydrogen) atoms. The van der Waals surface area contributed by atoms with E-state index in [1.165, 1.54) is 0 Å². The maximum absolute atomic E-state index is 11.9. The van der Waals surface area contributed by atoms with Gasteiger partial charge in [-0.15, -0.1) is 0 Å². The number of H-pyrrole nitrogens is 1. The number of carbonyl (C=O) groups excluding carboxylic acids is 1. The number of nitrogens with one attached hydrogen (secondary N) is 2. The minimum absolute atomic E-state index is 0.115. The molecule has 1 amide bonds. The first-order valence-corrected chi connectivity index (χ1v) is 7.10. The molecule has 0 aliphatic rings. The fourth-order valence-electron chi connectivity index (χ4n) is 2.14. The SMILES string of the molecule is O=C(NCCc1cnc(-c2ccccc2)[nH]1)c1cccnc1. The Morgan fingerprint density at radius 3 is 2.73 bits per heavy atom. The first-order chi connectivity index (χ1) is 10.8. The zero-order valence-corrected chi connectivity index (χ0v) is 12.0. The molecule has 1 aromatic carbocycles. The number of pyridine rings is 1. The highest BCUT2D eigenvalue weighted by Gasteiger charge is 2.06. The molecule has 0 aliphatic carbocycles. The van der Waals surface area contributed by atoms with Gasteiger partial charge in [-0.25, -0.2) is 4.98 Å². The van der Waals surface area contributed by atoms with E-state index in [-0.39, 0.29) is 5.91 Å². The lowest BCUT2D eigenvalue weighted by Gasteiger charge is -2.03. The van der Waals surface area contributed by atoms with Crippen molar-refractivity contribution in [1.29, 1.82) is 0 Å². The minimum Gasteiger partial charge on any atom is -0.352 e. The summed E-state index contributed by atoms with van der Waals surface area (Å²) in [6.07, 6.45) is 5.70. The number of nitrogens with zero attached hydrogens (tertiary/aromatic N) is 2. The summed E-state index contributed by atoms with van der Waals surface area (Å²) in [4.78, 5) is 23.4. The standard InChI is InChI=1S/C17H16N4O/c22-17(14-7-4-9-18-11-14)19-10-8-15-12-20-16(21-15)13-5-2-1-3-6-13/h1-7,9,11-12H,8,10H2,(H,19,22)(H,20,21). The Bertz CT molecular complexity index is 738. The van der Waals surface area contributed by atoms with Crippen molar-refractivity contribution in [2.45, 2.75) is 6.42 Å². The van der Waals surface area contributed by atoms with E-state index >= 15 is 0 Å². The number of hydrogen-bond donors (Lipinski definition) is 2. The average molecular weight is 292 g/mol.